The van der Waals surface area contributed by atoms with Crippen molar-refractivity contribution in [3.8, 4) is 0 Å². The molecule has 416 valence electrons. The third-order valence-corrected chi connectivity index (χ3v) is 13.4. The molecule has 0 aliphatic carbocycles. The van der Waals surface area contributed by atoms with Gasteiger partial charge < -0.3 is 44.3 Å². The molecule has 0 radical (unpaired) electrons. The zero-order valence-corrected chi connectivity index (χ0v) is 44.5. The van der Waals surface area contributed by atoms with Crippen LogP contribution in [0.15, 0.2) is 0 Å². The molecule has 0 unspecified atom stereocenters. The molecule has 5 N–H and O–H groups in total. The van der Waals surface area contributed by atoms with Gasteiger partial charge in [-0.3, -0.25) is 28.5 Å². The molecule has 71 heavy (non-hydrogen) atoms. The van der Waals surface area contributed by atoms with E-state index in [2.05, 4.69) is 20.8 Å². The highest BCUT2D eigenvalue weighted by atomic mass is 31.2. The number of aliphatic carboxylic acids is 1. The summed E-state index contributed by atoms with van der Waals surface area (Å²) in [7, 11) is -5.55. The molecule has 0 saturated carbocycles. The van der Waals surface area contributed by atoms with Gasteiger partial charge in [-0.2, -0.15) is 8.78 Å². The quantitative estimate of drug-likeness (QED) is 0.0165. The summed E-state index contributed by atoms with van der Waals surface area (Å²) < 4.78 is 70.9. The van der Waals surface area contributed by atoms with Crippen LogP contribution in [0.3, 0.4) is 0 Å². The van der Waals surface area contributed by atoms with Gasteiger partial charge in [-0.1, -0.05) is 194 Å². The van der Waals surface area contributed by atoms with Gasteiger partial charge in [-0.05, 0) is 25.7 Å². The molecule has 6 atom stereocenters. The van der Waals surface area contributed by atoms with Crippen LogP contribution >= 0.6 is 7.82 Å². The van der Waals surface area contributed by atoms with Gasteiger partial charge in [-0.15, -0.1) is 0 Å². The molecule has 1 saturated heterocycles. The molecule has 19 heteroatoms. The van der Waals surface area contributed by atoms with Crippen molar-refractivity contribution in [2.75, 3.05) is 6.61 Å². The number of nitrogens with one attached hydrogen (secondary N) is 1. The summed E-state index contributed by atoms with van der Waals surface area (Å²) in [5, 5.41) is 21.5. The average Bonchev–Trinajstić information content (AvgIpc) is 3.31. The van der Waals surface area contributed by atoms with Crippen LogP contribution in [-0.2, 0) is 52.0 Å². The Kier molecular flexibility index (Phi) is 37.9. The standard InChI is InChI=1S/C52H94F2NO15P/c1-4-7-10-13-16-19-21-23-26-29-32-35-44(59)66-41(34-31-28-25-22-18-15-12-9-6-3)39-46(61)68-49-47(55-51(62)52(53,54)38-33-30-27-24-20-17-14-11-8-5-2)50(69-45(60)37-36-43(57)58)67-42(40-56)48(49)70-71(63,64)65/h41-42,47-50,56H,4-40H2,1-3H3,(H,55,62)(H,57,58)(H2,63,64,65)/t41-,42-,47-,48-,49-,50-/m1/s1. The van der Waals surface area contributed by atoms with E-state index in [9.17, 15) is 43.4 Å². The van der Waals surface area contributed by atoms with Crippen molar-refractivity contribution >= 4 is 37.6 Å². The smallest absolute Gasteiger partial charge is 0.470 e. The van der Waals surface area contributed by atoms with Gasteiger partial charge in [0.25, 0.3) is 5.91 Å². The number of esters is 3. The van der Waals surface area contributed by atoms with Crippen LogP contribution in [0.25, 0.3) is 0 Å². The largest absolute Gasteiger partial charge is 0.481 e. The number of aliphatic hydroxyl groups excluding tert-OH is 1. The molecule has 0 bridgehead atoms. The second kappa shape index (κ2) is 40.6. The minimum atomic E-state index is -5.55. The van der Waals surface area contributed by atoms with Gasteiger partial charge in [0.15, 0.2) is 6.10 Å². The second-order valence-electron chi connectivity index (χ2n) is 19.5. The zero-order valence-electron chi connectivity index (χ0n) is 43.6. The van der Waals surface area contributed by atoms with Crippen LogP contribution in [0.5, 0.6) is 0 Å². The predicted octanol–water partition coefficient (Wildman–Crippen LogP) is 11.9. The maximum Gasteiger partial charge on any atom is 0.470 e. The number of hydrogen-bond acceptors (Lipinski definition) is 12. The number of amides is 1. The second-order valence-corrected chi connectivity index (χ2v) is 20.7. The molecule has 16 nitrogen and oxygen atoms in total. The van der Waals surface area contributed by atoms with Crippen LogP contribution in [0.2, 0.25) is 0 Å². The van der Waals surface area contributed by atoms with Crippen LogP contribution in [0.4, 0.5) is 8.78 Å². The van der Waals surface area contributed by atoms with Crippen molar-refractivity contribution in [1.82, 2.24) is 5.32 Å². The molecule has 0 aromatic heterocycles. The Morgan fingerprint density at radius 2 is 1.04 bits per heavy atom. The maximum absolute atomic E-state index is 15.6. The lowest BCUT2D eigenvalue weighted by molar-refractivity contribution is -0.265. The minimum Gasteiger partial charge on any atom is -0.481 e. The topological polar surface area (TPSA) is 242 Å². The van der Waals surface area contributed by atoms with E-state index in [4.69, 9.17) is 28.6 Å². The van der Waals surface area contributed by atoms with E-state index < -0.39 is 113 Å². The van der Waals surface area contributed by atoms with Crippen LogP contribution in [0.1, 0.15) is 252 Å². The summed E-state index contributed by atoms with van der Waals surface area (Å²) in [4.78, 5) is 84.6. The molecular formula is C52H94F2NO15P. The highest BCUT2D eigenvalue weighted by molar-refractivity contribution is 7.46. The highest BCUT2D eigenvalue weighted by Crippen LogP contribution is 2.42. The molecule has 0 aromatic rings. The lowest BCUT2D eigenvalue weighted by Crippen LogP contribution is -2.67. The van der Waals surface area contributed by atoms with E-state index in [0.29, 0.717) is 25.7 Å². The van der Waals surface area contributed by atoms with Crippen LogP contribution in [0, 0.1) is 0 Å². The van der Waals surface area contributed by atoms with Crippen molar-refractivity contribution < 1.29 is 80.8 Å². The summed E-state index contributed by atoms with van der Waals surface area (Å²) in [6, 6.07) is -2.13. The number of rotatable bonds is 46. The Morgan fingerprint density at radius 1 is 0.592 bits per heavy atom. The average molecular weight is 1040 g/mol. The highest BCUT2D eigenvalue weighted by Gasteiger charge is 2.54. The molecule has 1 rings (SSSR count). The van der Waals surface area contributed by atoms with E-state index in [1.165, 1.54) is 51.4 Å². The number of alkyl halides is 2. The first-order valence-electron chi connectivity index (χ1n) is 27.5. The summed E-state index contributed by atoms with van der Waals surface area (Å²) in [5.74, 6) is -10.3. The molecule has 1 aliphatic rings. The summed E-state index contributed by atoms with van der Waals surface area (Å²) >= 11 is 0. The van der Waals surface area contributed by atoms with Gasteiger partial charge in [-0.25, -0.2) is 4.57 Å². The van der Waals surface area contributed by atoms with E-state index in [1.807, 2.05) is 5.32 Å². The number of unbranched alkanes of at least 4 members (excludes halogenated alkanes) is 27. The number of carbonyl (C=O) groups excluding carboxylic acids is 4. The minimum absolute atomic E-state index is 0.0295. The lowest BCUT2D eigenvalue weighted by atomic mass is 9.95. The first-order chi connectivity index (χ1) is 34.0. The van der Waals surface area contributed by atoms with Crippen molar-refractivity contribution in [3.05, 3.63) is 0 Å². The van der Waals surface area contributed by atoms with Gasteiger partial charge in [0.05, 0.1) is 25.9 Å². The number of carboxylic acid groups (broad SMARTS) is 1. The molecule has 1 amide bonds. The van der Waals surface area contributed by atoms with Gasteiger partial charge in [0.2, 0.25) is 6.29 Å². The fraction of sp³-hybridized carbons (Fsp3) is 0.904. The number of halogens is 2. The van der Waals surface area contributed by atoms with Gasteiger partial charge in [0.1, 0.15) is 24.4 Å². The molecule has 0 aromatic carbocycles. The van der Waals surface area contributed by atoms with Crippen LogP contribution in [-0.4, -0.2) is 99.1 Å². The summed E-state index contributed by atoms with van der Waals surface area (Å²) in [6.07, 6.45) is 17.5. The maximum atomic E-state index is 15.6. The Hall–Kier alpha value is -2.76. The monoisotopic (exact) mass is 1040 g/mol. The molecule has 1 aliphatic heterocycles. The number of aliphatic hydroxyl groups is 1. The summed E-state index contributed by atoms with van der Waals surface area (Å²) in [6.45, 7) is 5.37. The first kappa shape index (κ1) is 66.3. The Morgan fingerprint density at radius 3 is 1.49 bits per heavy atom. The van der Waals surface area contributed by atoms with Crippen molar-refractivity contribution in [3.63, 3.8) is 0 Å². The van der Waals surface area contributed by atoms with Crippen molar-refractivity contribution in [1.29, 1.82) is 0 Å². The number of ether oxygens (including phenoxy) is 4. The fourth-order valence-electron chi connectivity index (χ4n) is 8.78. The Bertz CT molecular complexity index is 1490. The van der Waals surface area contributed by atoms with E-state index in [0.717, 1.165) is 109 Å². The van der Waals surface area contributed by atoms with Crippen molar-refractivity contribution in [2.45, 2.75) is 295 Å². The third kappa shape index (κ3) is 33.6. The van der Waals surface area contributed by atoms with E-state index in [-0.39, 0.29) is 19.3 Å². The first-order valence-corrected chi connectivity index (χ1v) is 29.0. The fourth-order valence-corrected chi connectivity index (χ4v) is 9.35. The van der Waals surface area contributed by atoms with E-state index >= 15 is 8.78 Å². The van der Waals surface area contributed by atoms with Gasteiger partial charge in [0, 0.05) is 12.8 Å². The lowest BCUT2D eigenvalue weighted by Gasteiger charge is -2.45. The van der Waals surface area contributed by atoms with Crippen LogP contribution < -0.4 is 5.32 Å². The number of phosphoric ester groups is 1. The molecular weight excluding hydrogens is 948 g/mol. The number of carboxylic acids is 1. The normalized spacial score (nSPS) is 18.7. The molecule has 1 fully saturated rings. The summed E-state index contributed by atoms with van der Waals surface area (Å²) in [5.41, 5.74) is 0. The Balaban J connectivity index is 3.31. The number of hydrogen-bond donors (Lipinski definition) is 5. The molecule has 1 heterocycles. The Labute approximate surface area is 423 Å². The zero-order chi connectivity index (χ0) is 52.8. The van der Waals surface area contributed by atoms with Gasteiger partial charge >= 0.3 is 37.6 Å². The predicted molar refractivity (Wildman–Crippen MR) is 266 cm³/mol. The number of carbonyl (C=O) groups is 5. The molecule has 0 spiro atoms. The van der Waals surface area contributed by atoms with Crippen molar-refractivity contribution in [2.24, 2.45) is 0 Å². The number of phosphoric acid groups is 1. The third-order valence-electron chi connectivity index (χ3n) is 12.9. The van der Waals surface area contributed by atoms with E-state index in [1.54, 1.807) is 0 Å². The SMILES string of the molecule is CCCCCCCCCCCCCC(=O)O[C@H](CCCCCCCCCCC)CC(=O)O[C@@H]1[C@@H](NC(=O)C(F)(F)CCCCCCCCCCCC)[C@@H](OC(=O)CCC(=O)O)O[C@H](CO)[C@H]1OP(=O)(O)O.